The number of aromatic nitrogens is 1. The molecule has 0 aliphatic carbocycles. The first-order valence-corrected chi connectivity index (χ1v) is 7.70. The minimum atomic E-state index is 0.0851. The normalized spacial score (nSPS) is 14.9. The first-order valence-electron chi connectivity index (χ1n) is 7.70. The third-order valence-corrected chi connectivity index (χ3v) is 4.07. The molecule has 1 amide bonds. The zero-order valence-electron chi connectivity index (χ0n) is 13.1. The van der Waals surface area contributed by atoms with E-state index in [9.17, 15) is 4.79 Å². The van der Waals surface area contributed by atoms with Gasteiger partial charge in [0.2, 0.25) is 0 Å². The molecule has 0 unspecified atom stereocenters. The molecule has 0 atom stereocenters. The molecule has 1 aromatic carbocycles. The summed E-state index contributed by atoms with van der Waals surface area (Å²) in [5.41, 5.74) is 4.72. The van der Waals surface area contributed by atoms with Crippen molar-refractivity contribution in [3.8, 4) is 11.3 Å². The van der Waals surface area contributed by atoms with Gasteiger partial charge >= 0.3 is 0 Å². The van der Waals surface area contributed by atoms with Gasteiger partial charge in [0.15, 0.2) is 0 Å². The summed E-state index contributed by atoms with van der Waals surface area (Å²) in [4.78, 5) is 19.1. The third-order valence-electron chi connectivity index (χ3n) is 4.07. The van der Waals surface area contributed by atoms with E-state index in [1.54, 1.807) is 0 Å². The molecule has 2 heterocycles. The number of hydrogen-bond acceptors (Lipinski definition) is 3. The van der Waals surface area contributed by atoms with Crippen molar-refractivity contribution in [2.24, 2.45) is 0 Å². The van der Waals surface area contributed by atoms with Crippen LogP contribution in [0.5, 0.6) is 0 Å². The monoisotopic (exact) mass is 295 g/mol. The van der Waals surface area contributed by atoms with Gasteiger partial charge in [-0.2, -0.15) is 0 Å². The van der Waals surface area contributed by atoms with Gasteiger partial charge < -0.3 is 10.2 Å². The van der Waals surface area contributed by atoms with Crippen LogP contribution in [0, 0.1) is 13.8 Å². The van der Waals surface area contributed by atoms with E-state index in [0.717, 1.165) is 43.1 Å². The molecule has 1 aromatic heterocycles. The summed E-state index contributed by atoms with van der Waals surface area (Å²) in [6, 6.07) is 12.1. The minimum Gasteiger partial charge on any atom is -0.336 e. The number of carbonyl (C=O) groups is 1. The highest BCUT2D eigenvalue weighted by atomic mass is 16.2. The molecule has 4 nitrogen and oxygen atoms in total. The second kappa shape index (κ2) is 6.28. The molecule has 1 aliphatic rings. The summed E-state index contributed by atoms with van der Waals surface area (Å²) in [6.07, 6.45) is 0. The van der Waals surface area contributed by atoms with Crippen LogP contribution in [-0.4, -0.2) is 42.0 Å². The Kier molecular flexibility index (Phi) is 4.20. The Bertz CT molecular complexity index is 673. The van der Waals surface area contributed by atoms with E-state index in [2.05, 4.69) is 41.5 Å². The number of carbonyl (C=O) groups excluding carboxylic acids is 1. The number of rotatable bonds is 2. The Morgan fingerprint density at radius 3 is 2.36 bits per heavy atom. The van der Waals surface area contributed by atoms with Crippen molar-refractivity contribution in [2.45, 2.75) is 13.8 Å². The van der Waals surface area contributed by atoms with E-state index >= 15 is 0 Å². The summed E-state index contributed by atoms with van der Waals surface area (Å²) in [6.45, 7) is 7.22. The van der Waals surface area contributed by atoms with Gasteiger partial charge in [-0.1, -0.05) is 29.8 Å². The smallest absolute Gasteiger partial charge is 0.255 e. The predicted octanol–water partition coefficient (Wildman–Crippen LogP) is 2.41. The molecular weight excluding hydrogens is 274 g/mol. The van der Waals surface area contributed by atoms with Crippen molar-refractivity contribution >= 4 is 5.91 Å². The Hall–Kier alpha value is -2.20. The average Bonchev–Trinajstić information content (AvgIpc) is 2.56. The Balaban J connectivity index is 1.85. The van der Waals surface area contributed by atoms with Crippen LogP contribution in [0.4, 0.5) is 0 Å². The second-order valence-electron chi connectivity index (χ2n) is 5.74. The van der Waals surface area contributed by atoms with Gasteiger partial charge in [-0.3, -0.25) is 9.78 Å². The van der Waals surface area contributed by atoms with Crippen LogP contribution in [0.2, 0.25) is 0 Å². The highest BCUT2D eigenvalue weighted by molar-refractivity contribution is 5.95. The molecule has 2 aromatic rings. The maximum atomic E-state index is 12.6. The number of amides is 1. The molecule has 114 valence electrons. The van der Waals surface area contributed by atoms with Crippen molar-refractivity contribution in [1.82, 2.24) is 15.2 Å². The van der Waals surface area contributed by atoms with Gasteiger partial charge in [-0.25, -0.2) is 0 Å². The number of hydrogen-bond donors (Lipinski definition) is 1. The molecule has 4 heteroatoms. The predicted molar refractivity (Wildman–Crippen MR) is 87.9 cm³/mol. The van der Waals surface area contributed by atoms with Gasteiger partial charge in [0.1, 0.15) is 0 Å². The second-order valence-corrected chi connectivity index (χ2v) is 5.74. The first kappa shape index (κ1) is 14.7. The number of nitrogens with zero attached hydrogens (tertiary/aromatic N) is 2. The lowest BCUT2D eigenvalue weighted by molar-refractivity contribution is 0.0734. The Morgan fingerprint density at radius 1 is 1.05 bits per heavy atom. The molecule has 1 N–H and O–H groups in total. The van der Waals surface area contributed by atoms with Crippen molar-refractivity contribution in [3.05, 3.63) is 53.2 Å². The number of pyridine rings is 1. The standard InChI is InChI=1S/C18H21N3O/c1-13-3-5-15(6-4-13)17-8-7-16(14(2)20-17)18(22)21-11-9-19-10-12-21/h3-8,19H,9-12H2,1-2H3. The number of benzene rings is 1. The summed E-state index contributed by atoms with van der Waals surface area (Å²) in [7, 11) is 0. The van der Waals surface area contributed by atoms with Crippen LogP contribution in [0.3, 0.4) is 0 Å². The van der Waals surface area contributed by atoms with Crippen LogP contribution >= 0.6 is 0 Å². The molecule has 0 bridgehead atoms. The van der Waals surface area contributed by atoms with Crippen molar-refractivity contribution < 1.29 is 4.79 Å². The van der Waals surface area contributed by atoms with E-state index in [1.807, 2.05) is 24.0 Å². The topological polar surface area (TPSA) is 45.2 Å². The van der Waals surface area contributed by atoms with E-state index in [-0.39, 0.29) is 5.91 Å². The molecular formula is C18H21N3O. The fraction of sp³-hybridized carbons (Fsp3) is 0.333. The van der Waals surface area contributed by atoms with Crippen molar-refractivity contribution in [1.29, 1.82) is 0 Å². The van der Waals surface area contributed by atoms with Crippen LogP contribution < -0.4 is 5.32 Å². The maximum absolute atomic E-state index is 12.6. The summed E-state index contributed by atoms with van der Waals surface area (Å²) >= 11 is 0. The van der Waals surface area contributed by atoms with Crippen LogP contribution in [-0.2, 0) is 0 Å². The van der Waals surface area contributed by atoms with Crippen molar-refractivity contribution in [3.63, 3.8) is 0 Å². The lowest BCUT2D eigenvalue weighted by atomic mass is 10.1. The maximum Gasteiger partial charge on any atom is 0.255 e. The molecule has 0 radical (unpaired) electrons. The van der Waals surface area contributed by atoms with Gasteiger partial charge in [0.05, 0.1) is 17.0 Å². The highest BCUT2D eigenvalue weighted by Gasteiger charge is 2.20. The van der Waals surface area contributed by atoms with E-state index in [4.69, 9.17) is 0 Å². The van der Waals surface area contributed by atoms with Crippen LogP contribution in [0.25, 0.3) is 11.3 Å². The van der Waals surface area contributed by atoms with Gasteiger partial charge in [-0.15, -0.1) is 0 Å². The summed E-state index contributed by atoms with van der Waals surface area (Å²) < 4.78 is 0. The van der Waals surface area contributed by atoms with E-state index < -0.39 is 0 Å². The number of nitrogens with one attached hydrogen (secondary N) is 1. The molecule has 1 aliphatic heterocycles. The zero-order valence-corrected chi connectivity index (χ0v) is 13.1. The SMILES string of the molecule is Cc1ccc(-c2ccc(C(=O)N3CCNCC3)c(C)n2)cc1. The summed E-state index contributed by atoms with van der Waals surface area (Å²) in [5, 5.41) is 3.26. The highest BCUT2D eigenvalue weighted by Crippen LogP contribution is 2.20. The lowest BCUT2D eigenvalue weighted by Crippen LogP contribution is -2.46. The molecule has 1 fully saturated rings. The number of piperazine rings is 1. The molecule has 0 saturated carbocycles. The molecule has 3 rings (SSSR count). The van der Waals surface area contributed by atoms with Gasteiger partial charge in [-0.05, 0) is 26.0 Å². The quantitative estimate of drug-likeness (QED) is 0.925. The fourth-order valence-corrected chi connectivity index (χ4v) is 2.71. The van der Waals surface area contributed by atoms with Crippen molar-refractivity contribution in [2.75, 3.05) is 26.2 Å². The average molecular weight is 295 g/mol. The van der Waals surface area contributed by atoms with Crippen LogP contribution in [0.1, 0.15) is 21.6 Å². The van der Waals surface area contributed by atoms with E-state index in [1.165, 1.54) is 5.56 Å². The largest absolute Gasteiger partial charge is 0.336 e. The third kappa shape index (κ3) is 3.02. The zero-order chi connectivity index (χ0) is 15.5. The fourth-order valence-electron chi connectivity index (χ4n) is 2.71. The van der Waals surface area contributed by atoms with E-state index in [0.29, 0.717) is 5.56 Å². The first-order chi connectivity index (χ1) is 10.6. The number of aryl methyl sites for hydroxylation is 2. The lowest BCUT2D eigenvalue weighted by Gasteiger charge is -2.27. The Morgan fingerprint density at radius 2 is 1.73 bits per heavy atom. The summed E-state index contributed by atoms with van der Waals surface area (Å²) in [5.74, 6) is 0.0851. The Labute approximate surface area is 131 Å². The molecule has 1 saturated heterocycles. The molecule has 22 heavy (non-hydrogen) atoms. The minimum absolute atomic E-state index is 0.0851. The van der Waals surface area contributed by atoms with Gasteiger partial charge in [0.25, 0.3) is 5.91 Å². The van der Waals surface area contributed by atoms with Gasteiger partial charge in [0, 0.05) is 31.7 Å². The van der Waals surface area contributed by atoms with Crippen LogP contribution in [0.15, 0.2) is 36.4 Å². The molecule has 0 spiro atoms.